The number of fused-ring (bicyclic) bond motifs is 12. The zero-order chi connectivity index (χ0) is 98.2. The molecule has 0 unspecified atom stereocenters. The molecule has 0 N–H and O–H groups in total. The summed E-state index contributed by atoms with van der Waals surface area (Å²) in [6.45, 7) is 0. The minimum absolute atomic E-state index is 0.613. The summed E-state index contributed by atoms with van der Waals surface area (Å²) in [5.41, 5.74) is 25.7. The molecule has 21 aromatic carbocycles. The Balaban J connectivity index is 0.000000114. The van der Waals surface area contributed by atoms with Crippen LogP contribution >= 0.6 is 0 Å². The number of para-hydroxylation sites is 4. The molecule has 0 saturated carbocycles. The van der Waals surface area contributed by atoms with Crippen LogP contribution in [0.3, 0.4) is 0 Å². The van der Waals surface area contributed by atoms with Gasteiger partial charge in [-0.1, -0.05) is 437 Å². The lowest BCUT2D eigenvalue weighted by molar-refractivity contribution is 1.07. The van der Waals surface area contributed by atoms with Gasteiger partial charge in [0.25, 0.3) is 0 Å². The van der Waals surface area contributed by atoms with Crippen LogP contribution in [0.2, 0.25) is 0 Å². The van der Waals surface area contributed by atoms with Crippen LogP contribution in [0.25, 0.3) is 277 Å². The molecule has 148 heavy (non-hydrogen) atoms. The molecule has 28 rings (SSSR count). The first-order valence-electron chi connectivity index (χ1n) is 49.4. The Bertz CT molecular complexity index is 9710. The summed E-state index contributed by atoms with van der Waals surface area (Å²) < 4.78 is 0. The number of nitrogens with zero attached hydrogens (tertiary/aromatic N) is 13. The molecule has 0 atom stereocenters. The van der Waals surface area contributed by atoms with Crippen molar-refractivity contribution in [1.29, 1.82) is 0 Å². The molecule has 7 aromatic heterocycles. The molecule has 7 heterocycles. The van der Waals surface area contributed by atoms with Gasteiger partial charge in [0.1, 0.15) is 0 Å². The van der Waals surface area contributed by atoms with Crippen LogP contribution < -0.4 is 0 Å². The lowest BCUT2D eigenvalue weighted by Gasteiger charge is -2.13. The second-order valence-electron chi connectivity index (χ2n) is 36.8. The molecule has 0 fully saturated rings. The predicted molar refractivity (Wildman–Crippen MR) is 607 cm³/mol. The first-order valence-corrected chi connectivity index (χ1v) is 49.4. The van der Waals surface area contributed by atoms with E-state index in [1.54, 1.807) is 0 Å². The van der Waals surface area contributed by atoms with E-state index in [0.29, 0.717) is 52.4 Å². The van der Waals surface area contributed by atoms with Crippen molar-refractivity contribution in [2.75, 3.05) is 0 Å². The molecular formula is C135H85N13. The zero-order valence-electron chi connectivity index (χ0n) is 79.9. The zero-order valence-corrected chi connectivity index (χ0v) is 79.9. The quantitative estimate of drug-likeness (QED) is 0.0890. The van der Waals surface area contributed by atoms with Crippen LogP contribution in [0.15, 0.2) is 516 Å². The molecule has 0 saturated heterocycles. The Morgan fingerprint density at radius 2 is 0.372 bits per heavy atom. The van der Waals surface area contributed by atoms with Crippen molar-refractivity contribution in [2.24, 2.45) is 0 Å². The molecule has 0 spiro atoms. The normalized spacial score (nSPS) is 11.4. The number of pyridine rings is 4. The number of hydrogen-bond acceptors (Lipinski definition) is 13. The standard InChI is InChI=1S/C52H32N4.C45H29N5.C38H24N4/c1-4-14-41-37(11-1)30-47(45-18-8-6-16-43(41)45)34-23-27-36(28-24-34)51-54-50(35-25-21-33(22-26-35)40-29-39-13-3-10-20-49(39)53-32-40)55-52(56-51)48-31-38-12-2-5-15-42(38)44-17-7-9-19-46(44)48;1-2-8-30(9-3-1)31-16-22-36(23-17-31)43-48-44(37-24-18-32(19-25-37)39-14-4-10-34-12-6-28-46-41(34)39)50-45(49-43)38-26-20-33(21-27-38)40-15-5-11-35-13-7-29-47-42(35)40;1-3-9-30-23-32(20-14-25(30)7-1)37-40-36(41-38(42-37)33-21-15-26-8-2-4-10-31(26)24-33)29-18-16-27(17-19-29)34-13-5-11-28-12-6-22-39-35(28)34/h1-32H;1-29H;1-24H. The first kappa shape index (κ1) is 88.1. The monoisotopic (exact) mass is 1890 g/mol. The Hall–Kier alpha value is -20.2. The third-order valence-electron chi connectivity index (χ3n) is 27.7. The molecular weight excluding hydrogens is 1800 g/mol. The predicted octanol–water partition coefficient (Wildman–Crippen LogP) is 33.7. The number of benzene rings is 21. The van der Waals surface area contributed by atoms with Crippen molar-refractivity contribution in [3.05, 3.63) is 516 Å². The highest BCUT2D eigenvalue weighted by atomic mass is 15.1. The average molecular weight is 1890 g/mol. The van der Waals surface area contributed by atoms with E-state index in [9.17, 15) is 0 Å². The van der Waals surface area contributed by atoms with Crippen molar-refractivity contribution in [1.82, 2.24) is 64.8 Å². The van der Waals surface area contributed by atoms with E-state index in [4.69, 9.17) is 49.8 Å². The molecule has 0 amide bonds. The summed E-state index contributed by atoms with van der Waals surface area (Å²) in [6, 6.07) is 171. The fraction of sp³-hybridized carbons (Fsp3) is 0. The van der Waals surface area contributed by atoms with E-state index in [0.717, 1.165) is 171 Å². The van der Waals surface area contributed by atoms with E-state index in [2.05, 4.69) is 464 Å². The Morgan fingerprint density at radius 3 is 0.770 bits per heavy atom. The van der Waals surface area contributed by atoms with Crippen molar-refractivity contribution in [3.8, 4) is 169 Å². The summed E-state index contributed by atoms with van der Waals surface area (Å²) in [7, 11) is 0. The highest BCUT2D eigenvalue weighted by Crippen LogP contribution is 2.43. The van der Waals surface area contributed by atoms with Crippen LogP contribution in [-0.4, -0.2) is 64.8 Å². The highest BCUT2D eigenvalue weighted by Gasteiger charge is 2.23. The van der Waals surface area contributed by atoms with E-state index < -0.39 is 0 Å². The molecule has 0 radical (unpaired) electrons. The highest BCUT2D eigenvalue weighted by molar-refractivity contribution is 6.15. The van der Waals surface area contributed by atoms with Gasteiger partial charge in [0.15, 0.2) is 52.4 Å². The second-order valence-corrected chi connectivity index (χ2v) is 36.8. The summed E-state index contributed by atoms with van der Waals surface area (Å²) in [6.07, 6.45) is 7.46. The van der Waals surface area contributed by atoms with Gasteiger partial charge < -0.3 is 0 Å². The van der Waals surface area contributed by atoms with E-state index in [1.807, 2.05) is 67.3 Å². The van der Waals surface area contributed by atoms with E-state index in [-0.39, 0.29) is 0 Å². The summed E-state index contributed by atoms with van der Waals surface area (Å²) >= 11 is 0. The number of hydrogen-bond donors (Lipinski definition) is 0. The molecule has 0 aliphatic carbocycles. The van der Waals surface area contributed by atoms with Gasteiger partial charge in [-0.05, 0) is 164 Å². The van der Waals surface area contributed by atoms with Gasteiger partial charge in [0, 0.05) is 119 Å². The smallest absolute Gasteiger partial charge is 0.164 e. The third kappa shape index (κ3) is 17.5. The maximum absolute atomic E-state index is 5.21. The van der Waals surface area contributed by atoms with Crippen molar-refractivity contribution in [2.45, 2.75) is 0 Å². The summed E-state index contributed by atoms with van der Waals surface area (Å²) in [4.78, 5) is 64.2. The molecule has 0 bridgehead atoms. The Morgan fingerprint density at radius 1 is 0.115 bits per heavy atom. The Kier molecular flexibility index (Phi) is 23.0. The number of rotatable bonds is 15. The Labute approximate surface area is 852 Å². The number of aromatic nitrogens is 13. The van der Waals surface area contributed by atoms with Gasteiger partial charge in [-0.2, -0.15) is 0 Å². The molecule has 690 valence electrons. The summed E-state index contributed by atoms with van der Waals surface area (Å²) in [5.74, 6) is 5.67. The topological polar surface area (TPSA) is 168 Å². The fourth-order valence-electron chi connectivity index (χ4n) is 20.2. The third-order valence-corrected chi connectivity index (χ3v) is 27.7. The van der Waals surface area contributed by atoms with E-state index in [1.165, 1.54) is 54.2 Å². The molecule has 28 aromatic rings. The summed E-state index contributed by atoms with van der Waals surface area (Å²) in [5, 5.41) is 18.7. The van der Waals surface area contributed by atoms with Gasteiger partial charge in [0.05, 0.1) is 22.1 Å². The van der Waals surface area contributed by atoms with Gasteiger partial charge in [0.2, 0.25) is 0 Å². The lowest BCUT2D eigenvalue weighted by Crippen LogP contribution is -2.01. The molecule has 13 heteroatoms. The maximum atomic E-state index is 5.21. The van der Waals surface area contributed by atoms with Crippen LogP contribution in [-0.2, 0) is 0 Å². The molecule has 0 aliphatic rings. The minimum atomic E-state index is 0.613. The lowest BCUT2D eigenvalue weighted by atomic mass is 9.93. The molecule has 0 aliphatic heterocycles. The van der Waals surface area contributed by atoms with Gasteiger partial charge >= 0.3 is 0 Å². The van der Waals surface area contributed by atoms with Crippen molar-refractivity contribution < 1.29 is 0 Å². The van der Waals surface area contributed by atoms with Crippen LogP contribution in [0, 0.1) is 0 Å². The van der Waals surface area contributed by atoms with E-state index >= 15 is 0 Å². The maximum Gasteiger partial charge on any atom is 0.164 e. The SMILES string of the molecule is c1ccc(-c2ccc(-c3nc(-c4ccc(-c5cccc6cccnc56)cc4)nc(-c4ccc(-c5cccc6cccnc56)cc4)n3)cc2)cc1.c1ccc2cc(-c3nc(-c4ccc(-c5cccc6cccnc56)cc4)nc(-c4ccc5ccccc5c4)n3)ccc2c1.c1ccc2ncc(-c3ccc(-c4nc(-c5ccc(-c6cc7ccccc7c7ccccc67)cc5)nc(-c5cc6ccccc6c6ccccc56)n4)cc3)cc2c1. The molecule has 13 nitrogen and oxygen atoms in total. The van der Waals surface area contributed by atoms with Crippen LogP contribution in [0.1, 0.15) is 0 Å². The minimum Gasteiger partial charge on any atom is -0.256 e. The van der Waals surface area contributed by atoms with Gasteiger partial charge in [-0.3, -0.25) is 19.9 Å². The van der Waals surface area contributed by atoms with Crippen LogP contribution in [0.5, 0.6) is 0 Å². The van der Waals surface area contributed by atoms with Crippen LogP contribution in [0.4, 0.5) is 0 Å². The average Bonchev–Trinajstić information content (AvgIpc) is 0.749. The van der Waals surface area contributed by atoms with Gasteiger partial charge in [-0.25, -0.2) is 44.9 Å². The van der Waals surface area contributed by atoms with Gasteiger partial charge in [-0.15, -0.1) is 0 Å². The second kappa shape index (κ2) is 38.7. The van der Waals surface area contributed by atoms with Crippen molar-refractivity contribution >= 4 is 108 Å². The first-order chi connectivity index (χ1) is 73.3. The fourth-order valence-corrected chi connectivity index (χ4v) is 20.2. The van der Waals surface area contributed by atoms with Crippen molar-refractivity contribution in [3.63, 3.8) is 0 Å². The largest absolute Gasteiger partial charge is 0.256 e.